The molecule has 3 amide bonds. The number of benzene rings is 1. The summed E-state index contributed by atoms with van der Waals surface area (Å²) in [5, 5.41) is 5.86. The summed E-state index contributed by atoms with van der Waals surface area (Å²) in [6, 6.07) is 6.03. The van der Waals surface area contributed by atoms with E-state index in [0.717, 1.165) is 29.5 Å². The van der Waals surface area contributed by atoms with Gasteiger partial charge in [0.05, 0.1) is 18.6 Å². The molecule has 0 radical (unpaired) electrons. The normalized spacial score (nSPS) is 17.2. The highest BCUT2D eigenvalue weighted by Crippen LogP contribution is 2.20. The number of carbonyl (C=O) groups is 2. The number of carbonyl (C=O) groups excluding carboxylic acids is 2. The molecule has 2 unspecified atom stereocenters. The standard InChI is InChI=1S/C16H22BrN5O3S/c17-11-4-1-3-10(7-11)13(20-15(18)24)8-14(23)21-22-16(26)19-9-12-5-2-6-25-12/h1,3-4,7,12-13H,2,5-6,8-9H2,(H,21,23)(H3,18,20,24)(H2,19,22,26). The molecule has 2 rings (SSSR count). The Labute approximate surface area is 165 Å². The molecule has 0 saturated carbocycles. The van der Waals surface area contributed by atoms with E-state index in [1.54, 1.807) is 6.07 Å². The van der Waals surface area contributed by atoms with Gasteiger partial charge in [-0.15, -0.1) is 0 Å². The number of halogens is 1. The number of primary amides is 1. The van der Waals surface area contributed by atoms with Crippen LogP contribution in [0.3, 0.4) is 0 Å². The van der Waals surface area contributed by atoms with Gasteiger partial charge in [0.1, 0.15) is 0 Å². The number of nitrogens with two attached hydrogens (primary N) is 1. The average Bonchev–Trinajstić information content (AvgIpc) is 3.11. The van der Waals surface area contributed by atoms with Gasteiger partial charge in [-0.25, -0.2) is 4.79 Å². The van der Waals surface area contributed by atoms with E-state index in [1.807, 2.05) is 18.2 Å². The first-order valence-electron chi connectivity index (χ1n) is 8.19. The Balaban J connectivity index is 1.80. The van der Waals surface area contributed by atoms with Gasteiger partial charge in [-0.2, -0.15) is 0 Å². The Morgan fingerprint density at radius 3 is 2.85 bits per heavy atom. The van der Waals surface area contributed by atoms with Crippen LogP contribution in [0.25, 0.3) is 0 Å². The summed E-state index contributed by atoms with van der Waals surface area (Å²) >= 11 is 8.48. The van der Waals surface area contributed by atoms with Crippen molar-refractivity contribution in [1.29, 1.82) is 0 Å². The summed E-state index contributed by atoms with van der Waals surface area (Å²) < 4.78 is 6.32. The minimum Gasteiger partial charge on any atom is -0.376 e. The van der Waals surface area contributed by atoms with Gasteiger partial charge in [-0.05, 0) is 42.8 Å². The lowest BCUT2D eigenvalue weighted by Gasteiger charge is -2.19. The third-order valence-electron chi connectivity index (χ3n) is 3.79. The Hall–Kier alpha value is -1.91. The number of hydrogen-bond donors (Lipinski definition) is 5. The van der Waals surface area contributed by atoms with Gasteiger partial charge in [-0.1, -0.05) is 28.1 Å². The molecule has 0 bridgehead atoms. The van der Waals surface area contributed by atoms with E-state index in [0.29, 0.717) is 11.7 Å². The van der Waals surface area contributed by atoms with E-state index in [2.05, 4.69) is 37.4 Å². The molecule has 142 valence electrons. The minimum absolute atomic E-state index is 0.000737. The zero-order valence-electron chi connectivity index (χ0n) is 14.1. The Bertz CT molecular complexity index is 655. The smallest absolute Gasteiger partial charge is 0.312 e. The fourth-order valence-corrected chi connectivity index (χ4v) is 3.12. The highest BCUT2D eigenvalue weighted by Gasteiger charge is 2.18. The third-order valence-corrected chi connectivity index (χ3v) is 4.53. The van der Waals surface area contributed by atoms with Crippen LogP contribution in [0.4, 0.5) is 4.79 Å². The first-order valence-corrected chi connectivity index (χ1v) is 9.40. The predicted molar refractivity (Wildman–Crippen MR) is 105 cm³/mol. The molecule has 0 aromatic heterocycles. The second kappa shape index (κ2) is 10.3. The van der Waals surface area contributed by atoms with Crippen molar-refractivity contribution in [2.45, 2.75) is 31.4 Å². The van der Waals surface area contributed by atoms with Crippen molar-refractivity contribution in [2.24, 2.45) is 5.73 Å². The first-order chi connectivity index (χ1) is 12.4. The average molecular weight is 444 g/mol. The van der Waals surface area contributed by atoms with E-state index >= 15 is 0 Å². The summed E-state index contributed by atoms with van der Waals surface area (Å²) in [6.07, 6.45) is 2.19. The quantitative estimate of drug-likeness (QED) is 0.333. The van der Waals surface area contributed by atoms with Gasteiger partial charge < -0.3 is 21.1 Å². The van der Waals surface area contributed by atoms with E-state index in [4.69, 9.17) is 22.7 Å². The lowest BCUT2D eigenvalue weighted by atomic mass is 10.0. The minimum atomic E-state index is -0.704. The van der Waals surface area contributed by atoms with Crippen molar-refractivity contribution >= 4 is 45.2 Å². The summed E-state index contributed by atoms with van der Waals surface area (Å²) in [6.45, 7) is 1.36. The molecule has 1 aromatic rings. The molecule has 1 aliphatic heterocycles. The Kier molecular flexibility index (Phi) is 8.07. The van der Waals surface area contributed by atoms with E-state index in [-0.39, 0.29) is 18.4 Å². The number of ether oxygens (including phenoxy) is 1. The molecule has 26 heavy (non-hydrogen) atoms. The second-order valence-corrected chi connectivity index (χ2v) is 7.16. The Morgan fingerprint density at radius 1 is 1.38 bits per heavy atom. The van der Waals surface area contributed by atoms with Crippen molar-refractivity contribution in [3.8, 4) is 0 Å². The molecule has 0 aliphatic carbocycles. The molecular weight excluding hydrogens is 422 g/mol. The lowest BCUT2D eigenvalue weighted by molar-refractivity contribution is -0.122. The highest BCUT2D eigenvalue weighted by atomic mass is 79.9. The number of hydrogen-bond acceptors (Lipinski definition) is 4. The van der Waals surface area contributed by atoms with Crippen LogP contribution in [0.15, 0.2) is 28.7 Å². The van der Waals surface area contributed by atoms with Crippen LogP contribution >= 0.6 is 28.1 Å². The number of thiocarbonyl (C=S) groups is 1. The highest BCUT2D eigenvalue weighted by molar-refractivity contribution is 9.10. The van der Waals surface area contributed by atoms with Crippen molar-refractivity contribution in [2.75, 3.05) is 13.2 Å². The van der Waals surface area contributed by atoms with Crippen LogP contribution in [0.1, 0.15) is 30.9 Å². The number of rotatable bonds is 6. The Morgan fingerprint density at radius 2 is 2.19 bits per heavy atom. The van der Waals surface area contributed by atoms with Crippen LogP contribution in [0.2, 0.25) is 0 Å². The van der Waals surface area contributed by atoms with E-state index in [1.165, 1.54) is 0 Å². The molecule has 6 N–H and O–H groups in total. The van der Waals surface area contributed by atoms with Gasteiger partial charge in [0.15, 0.2) is 5.11 Å². The third kappa shape index (κ3) is 7.14. The lowest BCUT2D eigenvalue weighted by Crippen LogP contribution is -2.49. The van der Waals surface area contributed by atoms with Crippen molar-refractivity contribution in [1.82, 2.24) is 21.5 Å². The fraction of sp³-hybridized carbons (Fsp3) is 0.438. The van der Waals surface area contributed by atoms with Gasteiger partial charge in [0.25, 0.3) is 0 Å². The van der Waals surface area contributed by atoms with Crippen LogP contribution in [-0.2, 0) is 9.53 Å². The van der Waals surface area contributed by atoms with E-state index in [9.17, 15) is 9.59 Å². The van der Waals surface area contributed by atoms with Gasteiger partial charge >= 0.3 is 6.03 Å². The van der Waals surface area contributed by atoms with Crippen LogP contribution < -0.4 is 27.2 Å². The van der Waals surface area contributed by atoms with E-state index < -0.39 is 12.1 Å². The fourth-order valence-electron chi connectivity index (χ4n) is 2.57. The van der Waals surface area contributed by atoms with Crippen molar-refractivity contribution in [3.63, 3.8) is 0 Å². The van der Waals surface area contributed by atoms with Crippen molar-refractivity contribution < 1.29 is 14.3 Å². The molecule has 1 fully saturated rings. The molecule has 1 aromatic carbocycles. The molecule has 1 aliphatic rings. The number of hydrazine groups is 1. The predicted octanol–water partition coefficient (Wildman–Crippen LogP) is 1.22. The van der Waals surface area contributed by atoms with Crippen molar-refractivity contribution in [3.05, 3.63) is 34.3 Å². The monoisotopic (exact) mass is 443 g/mol. The zero-order valence-corrected chi connectivity index (χ0v) is 16.5. The SMILES string of the molecule is NC(=O)NC(CC(=O)NNC(=S)NCC1CCCO1)c1cccc(Br)c1. The summed E-state index contributed by atoms with van der Waals surface area (Å²) in [7, 11) is 0. The van der Waals surface area contributed by atoms with Crippen LogP contribution in [0.5, 0.6) is 0 Å². The van der Waals surface area contributed by atoms with Gasteiger partial charge in [0.2, 0.25) is 5.91 Å². The first kappa shape index (κ1) is 20.4. The maximum Gasteiger partial charge on any atom is 0.312 e. The summed E-state index contributed by atoms with van der Waals surface area (Å²) in [5.41, 5.74) is 11.1. The zero-order chi connectivity index (χ0) is 18.9. The largest absolute Gasteiger partial charge is 0.376 e. The maximum absolute atomic E-state index is 12.2. The molecule has 1 saturated heterocycles. The molecule has 1 heterocycles. The van der Waals surface area contributed by atoms with Gasteiger partial charge in [-0.3, -0.25) is 15.6 Å². The number of nitrogens with one attached hydrogen (secondary N) is 4. The summed E-state index contributed by atoms with van der Waals surface area (Å²) in [5.74, 6) is -0.343. The number of amides is 3. The molecular formula is C16H22BrN5O3S. The topological polar surface area (TPSA) is 118 Å². The van der Waals surface area contributed by atoms with Crippen LogP contribution in [-0.4, -0.2) is 36.3 Å². The molecule has 8 nitrogen and oxygen atoms in total. The molecule has 2 atom stereocenters. The second-order valence-electron chi connectivity index (χ2n) is 5.84. The molecule has 0 spiro atoms. The van der Waals surface area contributed by atoms with Gasteiger partial charge in [0, 0.05) is 17.6 Å². The van der Waals surface area contributed by atoms with Crippen LogP contribution in [0, 0.1) is 0 Å². The maximum atomic E-state index is 12.2. The number of urea groups is 1. The molecule has 10 heteroatoms. The summed E-state index contributed by atoms with van der Waals surface area (Å²) in [4.78, 5) is 23.4.